The third kappa shape index (κ3) is 2.68. The summed E-state index contributed by atoms with van der Waals surface area (Å²) >= 11 is 0. The number of hydrogen-bond donors (Lipinski definition) is 3. The first kappa shape index (κ1) is 14.8. The van der Waals surface area contributed by atoms with Gasteiger partial charge in [-0.2, -0.15) is 0 Å². The summed E-state index contributed by atoms with van der Waals surface area (Å²) < 4.78 is 0. The summed E-state index contributed by atoms with van der Waals surface area (Å²) in [7, 11) is 0. The molecule has 4 aliphatic carbocycles. The van der Waals surface area contributed by atoms with Crippen molar-refractivity contribution < 1.29 is 19.8 Å². The molecule has 0 saturated heterocycles. The molecule has 1 amide bonds. The zero-order valence-corrected chi connectivity index (χ0v) is 12.6. The fourth-order valence-electron chi connectivity index (χ4n) is 5.62. The minimum atomic E-state index is -1.39. The highest BCUT2D eigenvalue weighted by atomic mass is 16.4. The lowest BCUT2D eigenvalue weighted by Crippen LogP contribution is -2.57. The average molecular weight is 295 g/mol. The van der Waals surface area contributed by atoms with Crippen molar-refractivity contribution in [3.8, 4) is 0 Å². The predicted octanol–water partition coefficient (Wildman–Crippen LogP) is 1.54. The Balaban J connectivity index is 1.61. The summed E-state index contributed by atoms with van der Waals surface area (Å²) in [6, 6.07) is 0. The van der Waals surface area contributed by atoms with Crippen LogP contribution in [0.15, 0.2) is 0 Å². The molecule has 5 nitrogen and oxygen atoms in total. The van der Waals surface area contributed by atoms with Crippen molar-refractivity contribution in [2.75, 3.05) is 6.54 Å². The largest absolute Gasteiger partial charge is 0.479 e. The van der Waals surface area contributed by atoms with Crippen LogP contribution in [-0.2, 0) is 9.59 Å². The second-order valence-corrected chi connectivity index (χ2v) is 7.95. The number of carbonyl (C=O) groups excluding carboxylic acids is 1. The van der Waals surface area contributed by atoms with Crippen LogP contribution in [0.2, 0.25) is 0 Å². The predicted molar refractivity (Wildman–Crippen MR) is 76.5 cm³/mol. The lowest BCUT2D eigenvalue weighted by atomic mass is 9.44. The first-order chi connectivity index (χ1) is 9.82. The Morgan fingerprint density at radius 2 is 1.86 bits per heavy atom. The van der Waals surface area contributed by atoms with Gasteiger partial charge in [0, 0.05) is 13.0 Å². The van der Waals surface area contributed by atoms with Gasteiger partial charge in [0.15, 0.2) is 6.10 Å². The van der Waals surface area contributed by atoms with Gasteiger partial charge in [-0.05, 0) is 55.8 Å². The quantitative estimate of drug-likeness (QED) is 0.718. The van der Waals surface area contributed by atoms with E-state index in [4.69, 9.17) is 5.11 Å². The normalized spacial score (nSPS) is 41.8. The Hall–Kier alpha value is -1.10. The van der Waals surface area contributed by atoms with Gasteiger partial charge in [-0.15, -0.1) is 0 Å². The number of rotatable bonds is 5. The van der Waals surface area contributed by atoms with Crippen molar-refractivity contribution >= 4 is 11.9 Å². The molecule has 5 heteroatoms. The van der Waals surface area contributed by atoms with E-state index in [9.17, 15) is 14.7 Å². The molecule has 118 valence electrons. The number of aliphatic carboxylic acids is 1. The molecular weight excluding hydrogens is 270 g/mol. The first-order valence-corrected chi connectivity index (χ1v) is 8.01. The van der Waals surface area contributed by atoms with Crippen LogP contribution >= 0.6 is 0 Å². The third-order valence-corrected chi connectivity index (χ3v) is 5.82. The number of aliphatic hydroxyl groups is 1. The van der Waals surface area contributed by atoms with Crippen molar-refractivity contribution in [1.82, 2.24) is 5.32 Å². The van der Waals surface area contributed by atoms with Crippen LogP contribution in [0, 0.1) is 22.7 Å². The molecule has 4 aliphatic rings. The minimum absolute atomic E-state index is 0.0707. The van der Waals surface area contributed by atoms with Crippen molar-refractivity contribution in [2.24, 2.45) is 22.7 Å². The lowest BCUT2D eigenvalue weighted by Gasteiger charge is -2.60. The molecule has 4 saturated carbocycles. The second kappa shape index (κ2) is 4.97. The summed E-state index contributed by atoms with van der Waals surface area (Å²) in [5.41, 5.74) is 0.0923. The van der Waals surface area contributed by atoms with Crippen LogP contribution in [0.5, 0.6) is 0 Å². The summed E-state index contributed by atoms with van der Waals surface area (Å²) in [6.45, 7) is 2.56. The highest BCUT2D eigenvalue weighted by molar-refractivity contribution is 5.83. The molecule has 4 rings (SSSR count). The van der Waals surface area contributed by atoms with E-state index in [1.54, 1.807) is 0 Å². The molecule has 0 radical (unpaired) electrons. The van der Waals surface area contributed by atoms with Gasteiger partial charge in [0.1, 0.15) is 0 Å². The Kier molecular flexibility index (Phi) is 3.51. The smallest absolute Gasteiger partial charge is 0.332 e. The van der Waals surface area contributed by atoms with Gasteiger partial charge in [0.2, 0.25) is 5.91 Å². The summed E-state index contributed by atoms with van der Waals surface area (Å²) in [4.78, 5) is 23.2. The van der Waals surface area contributed by atoms with E-state index in [0.717, 1.165) is 19.3 Å². The summed E-state index contributed by atoms with van der Waals surface area (Å²) in [5, 5.41) is 20.8. The van der Waals surface area contributed by atoms with Crippen molar-refractivity contribution in [3.63, 3.8) is 0 Å². The van der Waals surface area contributed by atoms with E-state index < -0.39 is 12.1 Å². The zero-order valence-electron chi connectivity index (χ0n) is 12.6. The number of hydrogen-bond acceptors (Lipinski definition) is 3. The molecule has 0 spiro atoms. The summed E-state index contributed by atoms with van der Waals surface area (Å²) in [6.07, 6.45) is 5.44. The van der Waals surface area contributed by atoms with E-state index in [-0.39, 0.29) is 24.3 Å². The molecule has 0 aromatic rings. The van der Waals surface area contributed by atoms with Crippen molar-refractivity contribution in [2.45, 2.75) is 58.0 Å². The van der Waals surface area contributed by atoms with E-state index >= 15 is 0 Å². The zero-order chi connectivity index (χ0) is 15.3. The number of carboxylic acid groups (broad SMARTS) is 1. The molecule has 0 aromatic heterocycles. The van der Waals surface area contributed by atoms with Gasteiger partial charge in [0.25, 0.3) is 0 Å². The van der Waals surface area contributed by atoms with Crippen LogP contribution in [0.1, 0.15) is 51.9 Å². The van der Waals surface area contributed by atoms with Crippen LogP contribution in [0.25, 0.3) is 0 Å². The molecule has 0 heterocycles. The fraction of sp³-hybridized carbons (Fsp3) is 0.875. The topological polar surface area (TPSA) is 86.6 Å². The average Bonchev–Trinajstić information content (AvgIpc) is 2.35. The molecule has 2 unspecified atom stereocenters. The molecule has 4 bridgehead atoms. The van der Waals surface area contributed by atoms with Crippen LogP contribution in [-0.4, -0.2) is 34.7 Å². The number of carboxylic acids is 1. The maximum atomic E-state index is 12.7. The van der Waals surface area contributed by atoms with E-state index in [2.05, 4.69) is 12.2 Å². The lowest BCUT2D eigenvalue weighted by molar-refractivity contribution is -0.155. The van der Waals surface area contributed by atoms with Crippen molar-refractivity contribution in [3.05, 3.63) is 0 Å². The highest BCUT2D eigenvalue weighted by Gasteiger charge is 2.58. The van der Waals surface area contributed by atoms with Gasteiger partial charge < -0.3 is 15.5 Å². The fourth-order valence-corrected chi connectivity index (χ4v) is 5.62. The minimum Gasteiger partial charge on any atom is -0.479 e. The number of nitrogens with one attached hydrogen (secondary N) is 1. The number of amides is 1. The van der Waals surface area contributed by atoms with Crippen LogP contribution < -0.4 is 5.32 Å². The van der Waals surface area contributed by atoms with Gasteiger partial charge in [-0.3, -0.25) is 4.79 Å². The number of aliphatic hydroxyl groups excluding tert-OH is 1. The maximum Gasteiger partial charge on any atom is 0.332 e. The Bertz CT molecular complexity index is 447. The monoisotopic (exact) mass is 295 g/mol. The van der Waals surface area contributed by atoms with Crippen molar-refractivity contribution in [1.29, 1.82) is 0 Å². The van der Waals surface area contributed by atoms with E-state index in [1.165, 1.54) is 19.3 Å². The Labute approximate surface area is 125 Å². The second-order valence-electron chi connectivity index (χ2n) is 7.95. The van der Waals surface area contributed by atoms with Gasteiger partial charge >= 0.3 is 5.97 Å². The Morgan fingerprint density at radius 1 is 1.24 bits per heavy atom. The molecule has 0 aromatic carbocycles. The first-order valence-electron chi connectivity index (χ1n) is 8.01. The van der Waals surface area contributed by atoms with E-state index in [1.807, 2.05) is 0 Å². The maximum absolute atomic E-state index is 12.7. The molecule has 3 atom stereocenters. The SMILES string of the molecule is CC12CC3CC(C1)CC(C(=O)NCC[C@H](O)C(=O)O)(C3)C2. The van der Waals surface area contributed by atoms with E-state index in [0.29, 0.717) is 17.3 Å². The molecule has 0 aliphatic heterocycles. The Morgan fingerprint density at radius 3 is 2.38 bits per heavy atom. The van der Waals surface area contributed by atoms with Crippen LogP contribution in [0.3, 0.4) is 0 Å². The summed E-state index contributed by atoms with van der Waals surface area (Å²) in [5.74, 6) is 0.227. The van der Waals surface area contributed by atoms with Gasteiger partial charge in [-0.25, -0.2) is 4.79 Å². The molecule has 21 heavy (non-hydrogen) atoms. The van der Waals surface area contributed by atoms with Gasteiger partial charge in [0.05, 0.1) is 5.41 Å². The van der Waals surface area contributed by atoms with Crippen LogP contribution in [0.4, 0.5) is 0 Å². The standard InChI is InChI=1S/C16H25NO4/c1-15-5-10-4-11(6-15)8-16(7-10,9-15)14(21)17-3-2-12(18)13(19)20/h10-12,18H,2-9H2,1H3,(H,17,21)(H,19,20)/t10?,11?,12-,15?,16?/m0/s1. The highest BCUT2D eigenvalue weighted by Crippen LogP contribution is 2.65. The van der Waals surface area contributed by atoms with Gasteiger partial charge in [-0.1, -0.05) is 6.92 Å². The molecule has 4 fully saturated rings. The molecule has 3 N–H and O–H groups in total. The number of carbonyl (C=O) groups is 2. The molecular formula is C16H25NO4. The third-order valence-electron chi connectivity index (χ3n) is 5.82.